The Hall–Kier alpha value is -0.540. The van der Waals surface area contributed by atoms with Crippen LogP contribution in [0.2, 0.25) is 0 Å². The molecule has 0 fully saturated rings. The SMILES string of the molecule is C=C(C)C(=O)OCCOCCCl. The van der Waals surface area contributed by atoms with Crippen LogP contribution in [-0.2, 0) is 14.3 Å². The van der Waals surface area contributed by atoms with Crippen molar-refractivity contribution in [1.82, 2.24) is 0 Å². The average Bonchev–Trinajstić information content (AvgIpc) is 2.03. The van der Waals surface area contributed by atoms with Gasteiger partial charge in [0.25, 0.3) is 0 Å². The number of ether oxygens (including phenoxy) is 2. The fourth-order valence-electron chi connectivity index (χ4n) is 0.473. The molecule has 0 atom stereocenters. The first-order valence-electron chi connectivity index (χ1n) is 3.65. The predicted octanol–water partition coefficient (Wildman–Crippen LogP) is 1.36. The van der Waals surface area contributed by atoms with Crippen LogP contribution in [0.5, 0.6) is 0 Å². The summed E-state index contributed by atoms with van der Waals surface area (Å²) >= 11 is 5.35. The number of halogens is 1. The van der Waals surface area contributed by atoms with E-state index in [-0.39, 0.29) is 12.6 Å². The van der Waals surface area contributed by atoms with Gasteiger partial charge in [0.1, 0.15) is 6.61 Å². The lowest BCUT2D eigenvalue weighted by molar-refractivity contribution is -0.140. The second-order valence-electron chi connectivity index (χ2n) is 2.22. The van der Waals surface area contributed by atoms with Crippen molar-refractivity contribution in [1.29, 1.82) is 0 Å². The van der Waals surface area contributed by atoms with Gasteiger partial charge in [0.05, 0.1) is 13.2 Å². The van der Waals surface area contributed by atoms with Crippen molar-refractivity contribution in [3.05, 3.63) is 12.2 Å². The van der Waals surface area contributed by atoms with Crippen molar-refractivity contribution in [2.45, 2.75) is 6.92 Å². The van der Waals surface area contributed by atoms with E-state index in [2.05, 4.69) is 6.58 Å². The molecule has 0 aromatic heterocycles. The largest absolute Gasteiger partial charge is 0.460 e. The van der Waals surface area contributed by atoms with Gasteiger partial charge in [0.2, 0.25) is 0 Å². The highest BCUT2D eigenvalue weighted by Gasteiger charge is 2.01. The molecule has 4 heteroatoms. The van der Waals surface area contributed by atoms with E-state index >= 15 is 0 Å². The van der Waals surface area contributed by atoms with Crippen molar-refractivity contribution >= 4 is 17.6 Å². The van der Waals surface area contributed by atoms with E-state index in [1.807, 2.05) is 0 Å². The summed E-state index contributed by atoms with van der Waals surface area (Å²) in [7, 11) is 0. The van der Waals surface area contributed by atoms with E-state index in [9.17, 15) is 4.79 Å². The first-order chi connectivity index (χ1) is 5.68. The zero-order valence-corrected chi connectivity index (χ0v) is 7.89. The highest BCUT2D eigenvalue weighted by molar-refractivity contribution is 6.17. The minimum absolute atomic E-state index is 0.253. The summed E-state index contributed by atoms with van der Waals surface area (Å²) in [6, 6.07) is 0. The quantitative estimate of drug-likeness (QED) is 0.276. The van der Waals surface area contributed by atoms with Crippen LogP contribution in [0.4, 0.5) is 0 Å². The van der Waals surface area contributed by atoms with E-state index in [0.29, 0.717) is 24.7 Å². The van der Waals surface area contributed by atoms with Gasteiger partial charge >= 0.3 is 5.97 Å². The van der Waals surface area contributed by atoms with E-state index in [1.165, 1.54) is 0 Å². The van der Waals surface area contributed by atoms with Crippen molar-refractivity contribution in [2.24, 2.45) is 0 Å². The van der Waals surface area contributed by atoms with Crippen LogP contribution in [-0.4, -0.2) is 31.7 Å². The summed E-state index contributed by atoms with van der Waals surface area (Å²) in [5.74, 6) is 0.0681. The maximum atomic E-state index is 10.8. The molecular formula is C8H13ClO3. The molecule has 0 amide bonds. The van der Waals surface area contributed by atoms with Gasteiger partial charge in [-0.2, -0.15) is 0 Å². The standard InChI is InChI=1S/C8H13ClO3/c1-7(2)8(10)12-6-5-11-4-3-9/h1,3-6H2,2H3. The molecule has 0 rings (SSSR count). The number of rotatable bonds is 6. The molecule has 0 radical (unpaired) electrons. The summed E-state index contributed by atoms with van der Waals surface area (Å²) in [6.07, 6.45) is 0. The molecule has 12 heavy (non-hydrogen) atoms. The Morgan fingerprint density at radius 1 is 1.42 bits per heavy atom. The van der Waals surface area contributed by atoms with Crippen LogP contribution < -0.4 is 0 Å². The summed E-state index contributed by atoms with van der Waals surface area (Å²) in [5.41, 5.74) is 0.396. The van der Waals surface area contributed by atoms with Crippen molar-refractivity contribution in [3.63, 3.8) is 0 Å². The minimum atomic E-state index is -0.385. The molecule has 0 aliphatic carbocycles. The van der Waals surface area contributed by atoms with Gasteiger partial charge in [-0.3, -0.25) is 0 Å². The molecule has 0 saturated carbocycles. The van der Waals surface area contributed by atoms with Gasteiger partial charge < -0.3 is 9.47 Å². The van der Waals surface area contributed by atoms with Gasteiger partial charge in [0.15, 0.2) is 0 Å². The highest BCUT2D eigenvalue weighted by atomic mass is 35.5. The van der Waals surface area contributed by atoms with Gasteiger partial charge in [-0.1, -0.05) is 6.58 Å². The van der Waals surface area contributed by atoms with E-state index < -0.39 is 0 Å². The maximum absolute atomic E-state index is 10.8. The lowest BCUT2D eigenvalue weighted by atomic mass is 10.4. The zero-order valence-electron chi connectivity index (χ0n) is 7.14. The molecule has 0 unspecified atom stereocenters. The van der Waals surface area contributed by atoms with Crippen molar-refractivity contribution in [2.75, 3.05) is 25.7 Å². The smallest absolute Gasteiger partial charge is 0.333 e. The summed E-state index contributed by atoms with van der Waals surface area (Å²) in [4.78, 5) is 10.8. The Morgan fingerprint density at radius 3 is 2.58 bits per heavy atom. The Kier molecular flexibility index (Phi) is 6.81. The predicted molar refractivity (Wildman–Crippen MR) is 47.3 cm³/mol. The van der Waals surface area contributed by atoms with E-state index in [1.54, 1.807) is 6.92 Å². The zero-order chi connectivity index (χ0) is 9.40. The second kappa shape index (κ2) is 7.13. The van der Waals surface area contributed by atoms with Crippen LogP contribution in [0.25, 0.3) is 0 Å². The third-order valence-electron chi connectivity index (χ3n) is 1.03. The molecule has 3 nitrogen and oxygen atoms in total. The van der Waals surface area contributed by atoms with Crippen LogP contribution in [0.1, 0.15) is 6.92 Å². The second-order valence-corrected chi connectivity index (χ2v) is 2.60. The molecule has 0 heterocycles. The van der Waals surface area contributed by atoms with Crippen molar-refractivity contribution in [3.8, 4) is 0 Å². The van der Waals surface area contributed by atoms with E-state index in [4.69, 9.17) is 21.1 Å². The van der Waals surface area contributed by atoms with Crippen molar-refractivity contribution < 1.29 is 14.3 Å². The molecule has 0 aliphatic rings. The fraction of sp³-hybridized carbons (Fsp3) is 0.625. The van der Waals surface area contributed by atoms with Crippen LogP contribution >= 0.6 is 11.6 Å². The van der Waals surface area contributed by atoms with Crippen LogP contribution in [0, 0.1) is 0 Å². The lowest BCUT2D eigenvalue weighted by Crippen LogP contribution is -2.11. The molecule has 0 aliphatic heterocycles. The molecule has 0 bridgehead atoms. The molecular weight excluding hydrogens is 180 g/mol. The van der Waals surface area contributed by atoms with E-state index in [0.717, 1.165) is 0 Å². The number of carbonyl (C=O) groups is 1. The highest BCUT2D eigenvalue weighted by Crippen LogP contribution is 1.91. The lowest BCUT2D eigenvalue weighted by Gasteiger charge is -2.03. The number of alkyl halides is 1. The number of hydrogen-bond acceptors (Lipinski definition) is 3. The fourth-order valence-corrected chi connectivity index (χ4v) is 0.582. The number of esters is 1. The number of carbonyl (C=O) groups excluding carboxylic acids is 1. The summed E-state index contributed by atoms with van der Waals surface area (Å²) in [5, 5.41) is 0. The van der Waals surface area contributed by atoms with Gasteiger partial charge in [-0.05, 0) is 6.92 Å². The molecule has 0 N–H and O–H groups in total. The average molecular weight is 193 g/mol. The molecule has 0 aromatic carbocycles. The maximum Gasteiger partial charge on any atom is 0.333 e. The topological polar surface area (TPSA) is 35.5 Å². The first-order valence-corrected chi connectivity index (χ1v) is 4.18. The normalized spacial score (nSPS) is 9.50. The molecule has 0 aromatic rings. The Balaban J connectivity index is 3.20. The Bertz CT molecular complexity index is 156. The number of hydrogen-bond donors (Lipinski definition) is 0. The summed E-state index contributed by atoms with van der Waals surface area (Å²) in [6.45, 7) is 6.14. The van der Waals surface area contributed by atoms with Crippen LogP contribution in [0.15, 0.2) is 12.2 Å². The van der Waals surface area contributed by atoms with Gasteiger partial charge in [0, 0.05) is 11.5 Å². The van der Waals surface area contributed by atoms with Gasteiger partial charge in [-0.15, -0.1) is 11.6 Å². The Labute approximate surface area is 77.3 Å². The monoisotopic (exact) mass is 192 g/mol. The van der Waals surface area contributed by atoms with Crippen LogP contribution in [0.3, 0.4) is 0 Å². The minimum Gasteiger partial charge on any atom is -0.460 e. The Morgan fingerprint density at radius 2 is 2.08 bits per heavy atom. The summed E-state index contributed by atoms with van der Waals surface area (Å²) < 4.78 is 9.72. The van der Waals surface area contributed by atoms with Gasteiger partial charge in [-0.25, -0.2) is 4.79 Å². The molecule has 0 spiro atoms. The third-order valence-corrected chi connectivity index (χ3v) is 1.19. The third kappa shape index (κ3) is 6.19. The first kappa shape index (κ1) is 11.5. The molecule has 70 valence electrons. The molecule has 0 saturated heterocycles.